The van der Waals surface area contributed by atoms with Gasteiger partial charge in [0.25, 0.3) is 0 Å². The van der Waals surface area contributed by atoms with E-state index in [-0.39, 0.29) is 43.9 Å². The molecule has 2 unspecified atom stereocenters. The number of rotatable bonds is 12. The maximum atomic E-state index is 15.0. The molecule has 15 heteroatoms. The number of anilines is 1. The van der Waals surface area contributed by atoms with Crippen molar-refractivity contribution in [3.8, 4) is 0 Å². The second-order valence-electron chi connectivity index (χ2n) is 11.1. The van der Waals surface area contributed by atoms with Crippen LogP contribution in [0.3, 0.4) is 0 Å². The zero-order chi connectivity index (χ0) is 34.1. The Hall–Kier alpha value is -4.21. The lowest BCUT2D eigenvalue weighted by molar-refractivity contribution is -0.154. The maximum absolute atomic E-state index is 15.0. The number of pyridine rings is 1. The molecule has 2 heterocycles. The van der Waals surface area contributed by atoms with E-state index in [1.54, 1.807) is 5.32 Å². The largest absolute Gasteiger partial charge is 0.448 e. The van der Waals surface area contributed by atoms with Gasteiger partial charge in [-0.15, -0.1) is 0 Å². The van der Waals surface area contributed by atoms with Crippen molar-refractivity contribution in [1.82, 2.24) is 15.6 Å². The molecule has 2 amide bonds. The van der Waals surface area contributed by atoms with E-state index in [0.717, 1.165) is 6.20 Å². The maximum Gasteiger partial charge on any atom is 0.408 e. The minimum atomic E-state index is -4.59. The fourth-order valence-electron chi connectivity index (χ4n) is 5.18. The van der Waals surface area contributed by atoms with Crippen LogP contribution in [0.1, 0.15) is 42.4 Å². The monoisotopic (exact) mass is 667 g/mol. The third kappa shape index (κ3) is 9.89. The van der Waals surface area contributed by atoms with Gasteiger partial charge in [0.15, 0.2) is 0 Å². The van der Waals surface area contributed by atoms with Gasteiger partial charge >= 0.3 is 12.3 Å². The number of benzene rings is 2. The SMILES string of the molecule is CCC(NC(=O)OC[C@@H]1CO[C@H](CCc2c(F)cncc2NC(=O)C(N)C(c2ccc(F)cc2)c2ccc(F)cc2)CN1)C(F)(F)F. The number of nitrogens with one attached hydrogen (secondary N) is 3. The molecule has 2 aromatic carbocycles. The lowest BCUT2D eigenvalue weighted by atomic mass is 9.85. The summed E-state index contributed by atoms with van der Waals surface area (Å²) in [6.45, 7) is 1.44. The number of morpholine rings is 1. The molecule has 3 aromatic rings. The van der Waals surface area contributed by atoms with Crippen LogP contribution in [0.2, 0.25) is 0 Å². The van der Waals surface area contributed by atoms with Gasteiger partial charge in [-0.2, -0.15) is 13.2 Å². The van der Waals surface area contributed by atoms with Crippen LogP contribution in [0.5, 0.6) is 0 Å². The first-order valence-corrected chi connectivity index (χ1v) is 14.9. The standard InChI is InChI=1S/C32H35F6N5O4/c1-2-27(32(36,37)38)43-31(45)47-17-22-16-46-23(13-41-22)11-12-24-25(35)14-40-15-26(24)42-30(44)29(39)28(18-3-7-20(33)8-4-18)19-5-9-21(34)10-6-19/h3-10,14-15,22-23,27-29,41H,2,11-13,16-17,39H2,1H3,(H,42,44)(H,43,45)/t22-,23+,27?,29?/m0/s1. The zero-order valence-electron chi connectivity index (χ0n) is 25.3. The minimum Gasteiger partial charge on any atom is -0.448 e. The minimum absolute atomic E-state index is 0.0832. The Kier molecular flexibility index (Phi) is 12.2. The Balaban J connectivity index is 1.34. The number of nitrogens with zero attached hydrogens (tertiary/aromatic N) is 1. The van der Waals surface area contributed by atoms with Crippen LogP contribution >= 0.6 is 0 Å². The van der Waals surface area contributed by atoms with Crippen molar-refractivity contribution in [1.29, 1.82) is 0 Å². The summed E-state index contributed by atoms with van der Waals surface area (Å²) in [7, 11) is 0. The molecular formula is C32H35F6N5O4. The lowest BCUT2D eigenvalue weighted by Gasteiger charge is -2.30. The van der Waals surface area contributed by atoms with Crippen molar-refractivity contribution < 1.29 is 45.4 Å². The molecule has 0 bridgehead atoms. The number of ether oxygens (including phenoxy) is 2. The number of carbonyl (C=O) groups is 2. The van der Waals surface area contributed by atoms with Crippen LogP contribution in [-0.2, 0) is 20.7 Å². The van der Waals surface area contributed by atoms with Crippen LogP contribution in [0.25, 0.3) is 0 Å². The fourth-order valence-corrected chi connectivity index (χ4v) is 5.18. The highest BCUT2D eigenvalue weighted by molar-refractivity contribution is 5.96. The van der Waals surface area contributed by atoms with Crippen molar-refractivity contribution in [2.75, 3.05) is 25.1 Å². The predicted octanol–water partition coefficient (Wildman–Crippen LogP) is 4.95. The van der Waals surface area contributed by atoms with Gasteiger partial charge in [-0.05, 0) is 54.7 Å². The van der Waals surface area contributed by atoms with Crippen molar-refractivity contribution in [3.05, 3.63) is 95.1 Å². The molecule has 4 atom stereocenters. The summed E-state index contributed by atoms with van der Waals surface area (Å²) >= 11 is 0. The normalized spacial score (nSPS) is 18.0. The number of nitrogens with two attached hydrogens (primary N) is 1. The van der Waals surface area contributed by atoms with Gasteiger partial charge in [0.1, 0.15) is 30.1 Å². The van der Waals surface area contributed by atoms with E-state index in [9.17, 15) is 35.9 Å². The molecule has 0 saturated carbocycles. The summed E-state index contributed by atoms with van der Waals surface area (Å²) in [5.74, 6) is -3.11. The Morgan fingerprint density at radius 2 is 1.66 bits per heavy atom. The summed E-state index contributed by atoms with van der Waals surface area (Å²) in [4.78, 5) is 29.1. The van der Waals surface area contributed by atoms with Gasteiger partial charge in [-0.25, -0.2) is 18.0 Å². The van der Waals surface area contributed by atoms with Crippen molar-refractivity contribution in [2.24, 2.45) is 5.73 Å². The molecule has 0 radical (unpaired) electrons. The van der Waals surface area contributed by atoms with Gasteiger partial charge in [0, 0.05) is 18.0 Å². The van der Waals surface area contributed by atoms with E-state index in [1.807, 2.05) is 0 Å². The number of alkyl carbamates (subject to hydrolysis) is 1. The molecule has 1 aliphatic heterocycles. The van der Waals surface area contributed by atoms with Crippen LogP contribution in [-0.4, -0.2) is 67.1 Å². The average molecular weight is 668 g/mol. The number of carbonyl (C=O) groups excluding carboxylic acids is 2. The molecule has 0 spiro atoms. The summed E-state index contributed by atoms with van der Waals surface area (Å²) in [5.41, 5.74) is 7.67. The Labute approximate surface area is 267 Å². The molecule has 4 rings (SSSR count). The molecule has 1 saturated heterocycles. The van der Waals surface area contributed by atoms with E-state index in [0.29, 0.717) is 17.5 Å². The topological polar surface area (TPSA) is 128 Å². The predicted molar refractivity (Wildman–Crippen MR) is 160 cm³/mol. The van der Waals surface area contributed by atoms with Gasteiger partial charge in [0.2, 0.25) is 5.91 Å². The molecule has 1 aliphatic rings. The number of aromatic nitrogens is 1. The van der Waals surface area contributed by atoms with E-state index in [2.05, 4.69) is 15.6 Å². The average Bonchev–Trinajstić information content (AvgIpc) is 3.04. The third-order valence-corrected chi connectivity index (χ3v) is 7.78. The van der Waals surface area contributed by atoms with Crippen LogP contribution < -0.4 is 21.7 Å². The molecule has 1 aromatic heterocycles. The highest BCUT2D eigenvalue weighted by atomic mass is 19.4. The Bertz CT molecular complexity index is 1440. The van der Waals surface area contributed by atoms with Crippen molar-refractivity contribution in [2.45, 2.75) is 62.5 Å². The Morgan fingerprint density at radius 3 is 2.19 bits per heavy atom. The van der Waals surface area contributed by atoms with Gasteiger partial charge in [-0.3, -0.25) is 9.78 Å². The van der Waals surface area contributed by atoms with E-state index in [4.69, 9.17) is 15.2 Å². The Morgan fingerprint density at radius 1 is 1.04 bits per heavy atom. The molecule has 1 fully saturated rings. The highest BCUT2D eigenvalue weighted by Crippen LogP contribution is 2.30. The number of hydrogen-bond donors (Lipinski definition) is 4. The van der Waals surface area contributed by atoms with Crippen LogP contribution in [0.15, 0.2) is 60.9 Å². The van der Waals surface area contributed by atoms with Gasteiger partial charge in [-0.1, -0.05) is 31.2 Å². The number of alkyl halides is 3. The molecule has 5 N–H and O–H groups in total. The summed E-state index contributed by atoms with van der Waals surface area (Å²) in [6.07, 6.45) is -3.78. The summed E-state index contributed by atoms with van der Waals surface area (Å²) in [6, 6.07) is 7.08. The van der Waals surface area contributed by atoms with E-state index < -0.39 is 65.8 Å². The molecule has 254 valence electrons. The third-order valence-electron chi connectivity index (χ3n) is 7.78. The number of hydrogen-bond acceptors (Lipinski definition) is 7. The smallest absolute Gasteiger partial charge is 0.408 e. The van der Waals surface area contributed by atoms with Gasteiger partial charge in [0.05, 0.1) is 42.9 Å². The van der Waals surface area contributed by atoms with Crippen LogP contribution in [0.4, 0.5) is 36.8 Å². The first-order valence-electron chi connectivity index (χ1n) is 14.9. The zero-order valence-corrected chi connectivity index (χ0v) is 25.3. The number of amides is 2. The first-order chi connectivity index (χ1) is 22.3. The van der Waals surface area contributed by atoms with Crippen LogP contribution in [0, 0.1) is 17.5 Å². The molecule has 0 aliphatic carbocycles. The van der Waals surface area contributed by atoms with E-state index in [1.165, 1.54) is 61.7 Å². The molecule has 47 heavy (non-hydrogen) atoms. The number of halogens is 6. The second-order valence-corrected chi connectivity index (χ2v) is 11.1. The van der Waals surface area contributed by atoms with E-state index >= 15 is 0 Å². The quantitative estimate of drug-likeness (QED) is 0.201. The lowest BCUT2D eigenvalue weighted by Crippen LogP contribution is -2.50. The van der Waals surface area contributed by atoms with Gasteiger partial charge < -0.3 is 31.2 Å². The van der Waals surface area contributed by atoms with Crippen molar-refractivity contribution >= 4 is 17.7 Å². The van der Waals surface area contributed by atoms with Crippen molar-refractivity contribution in [3.63, 3.8) is 0 Å². The second kappa shape index (κ2) is 16.1. The fraction of sp³-hybridized carbons (Fsp3) is 0.406. The summed E-state index contributed by atoms with van der Waals surface area (Å²) in [5, 5.41) is 7.53. The molecular weight excluding hydrogens is 632 g/mol. The molecule has 9 nitrogen and oxygen atoms in total. The summed E-state index contributed by atoms with van der Waals surface area (Å²) < 4.78 is 91.5. The first kappa shape index (κ1) is 35.6. The highest BCUT2D eigenvalue weighted by Gasteiger charge is 2.39.